The Morgan fingerprint density at radius 2 is 1.79 bits per heavy atom. The maximum atomic E-state index is 5.90. The zero-order chi connectivity index (χ0) is 14.3. The van der Waals surface area contributed by atoms with Crippen LogP contribution in [0.1, 0.15) is 25.0 Å². The summed E-state index contributed by atoms with van der Waals surface area (Å²) in [5.41, 5.74) is 8.21. The van der Waals surface area contributed by atoms with Crippen LogP contribution in [0.4, 0.5) is 0 Å². The van der Waals surface area contributed by atoms with Gasteiger partial charge in [-0.3, -0.25) is 0 Å². The van der Waals surface area contributed by atoms with Crippen LogP contribution in [0.5, 0.6) is 5.75 Å². The molecule has 0 unspecified atom stereocenters. The Labute approximate surface area is 116 Å². The van der Waals surface area contributed by atoms with Crippen LogP contribution in [0.2, 0.25) is 0 Å². The highest BCUT2D eigenvalue weighted by Gasteiger charge is 2.03. The van der Waals surface area contributed by atoms with Crippen LogP contribution in [0.3, 0.4) is 0 Å². The van der Waals surface area contributed by atoms with Gasteiger partial charge in [0, 0.05) is 13.1 Å². The molecule has 4 nitrogen and oxygen atoms in total. The molecule has 4 heteroatoms. The van der Waals surface area contributed by atoms with E-state index < -0.39 is 0 Å². The van der Waals surface area contributed by atoms with Gasteiger partial charge in [-0.25, -0.2) is 4.99 Å². The molecule has 2 N–H and O–H groups in total. The Morgan fingerprint density at radius 3 is 2.32 bits per heavy atom. The highest BCUT2D eigenvalue weighted by Crippen LogP contribution is 2.21. The molecule has 0 aliphatic heterocycles. The maximum absolute atomic E-state index is 5.90. The molecular formula is C15H25N3O. The molecule has 106 valence electrons. The largest absolute Gasteiger partial charge is 0.491 e. The molecule has 0 aromatic heterocycles. The fraction of sp³-hybridized carbons (Fsp3) is 0.533. The number of aliphatic imine (C=N–C) groups is 1. The van der Waals surface area contributed by atoms with Crippen molar-refractivity contribution in [2.75, 3.05) is 26.2 Å². The van der Waals surface area contributed by atoms with Crippen molar-refractivity contribution >= 4 is 5.96 Å². The lowest BCUT2D eigenvalue weighted by molar-refractivity contribution is 0.323. The summed E-state index contributed by atoms with van der Waals surface area (Å²) < 4.78 is 5.78. The van der Waals surface area contributed by atoms with Crippen molar-refractivity contribution in [3.8, 4) is 5.75 Å². The number of ether oxygens (including phenoxy) is 1. The zero-order valence-electron chi connectivity index (χ0n) is 12.4. The molecule has 0 amide bonds. The third kappa shape index (κ3) is 4.47. The molecule has 0 fully saturated rings. The van der Waals surface area contributed by atoms with E-state index in [4.69, 9.17) is 10.5 Å². The molecule has 0 saturated heterocycles. The number of para-hydroxylation sites is 1. The summed E-state index contributed by atoms with van der Waals surface area (Å²) in [6.07, 6.45) is 0. The summed E-state index contributed by atoms with van der Waals surface area (Å²) in [6.45, 7) is 11.1. The fourth-order valence-corrected chi connectivity index (χ4v) is 1.98. The van der Waals surface area contributed by atoms with E-state index in [2.05, 4.69) is 44.8 Å². The van der Waals surface area contributed by atoms with Crippen LogP contribution in [0.25, 0.3) is 0 Å². The molecule has 0 heterocycles. The van der Waals surface area contributed by atoms with E-state index in [9.17, 15) is 0 Å². The minimum atomic E-state index is 0.549. The fourth-order valence-electron chi connectivity index (χ4n) is 1.98. The predicted molar refractivity (Wildman–Crippen MR) is 80.8 cm³/mol. The highest BCUT2D eigenvalue weighted by atomic mass is 16.5. The molecule has 19 heavy (non-hydrogen) atoms. The van der Waals surface area contributed by atoms with E-state index in [1.165, 1.54) is 0 Å². The normalized spacial score (nSPS) is 11.5. The van der Waals surface area contributed by atoms with Crippen LogP contribution < -0.4 is 10.5 Å². The van der Waals surface area contributed by atoms with E-state index in [0.29, 0.717) is 19.1 Å². The summed E-state index contributed by atoms with van der Waals surface area (Å²) in [6, 6.07) is 6.14. The number of benzene rings is 1. The minimum Gasteiger partial charge on any atom is -0.491 e. The molecule has 0 atom stereocenters. The topological polar surface area (TPSA) is 50.8 Å². The lowest BCUT2D eigenvalue weighted by Gasteiger charge is -2.19. The molecule has 0 bridgehead atoms. The van der Waals surface area contributed by atoms with Crippen molar-refractivity contribution in [2.45, 2.75) is 27.7 Å². The van der Waals surface area contributed by atoms with Crippen molar-refractivity contribution in [1.82, 2.24) is 4.90 Å². The van der Waals surface area contributed by atoms with Gasteiger partial charge in [-0.15, -0.1) is 0 Å². The number of aryl methyl sites for hydroxylation is 2. The van der Waals surface area contributed by atoms with Crippen LogP contribution in [-0.4, -0.2) is 37.1 Å². The smallest absolute Gasteiger partial charge is 0.191 e. The van der Waals surface area contributed by atoms with Crippen LogP contribution in [0.15, 0.2) is 23.2 Å². The first-order chi connectivity index (χ1) is 9.10. The molecule has 0 saturated carbocycles. The first-order valence-corrected chi connectivity index (χ1v) is 6.84. The van der Waals surface area contributed by atoms with Crippen LogP contribution >= 0.6 is 0 Å². The second kappa shape index (κ2) is 7.67. The number of hydrogen-bond donors (Lipinski definition) is 1. The Morgan fingerprint density at radius 1 is 1.21 bits per heavy atom. The van der Waals surface area contributed by atoms with Gasteiger partial charge < -0.3 is 15.4 Å². The molecule has 0 aliphatic rings. The van der Waals surface area contributed by atoms with Crippen molar-refractivity contribution in [1.29, 1.82) is 0 Å². The van der Waals surface area contributed by atoms with E-state index >= 15 is 0 Å². The minimum absolute atomic E-state index is 0.549. The number of guanidine groups is 1. The van der Waals surface area contributed by atoms with Crippen molar-refractivity contribution in [3.63, 3.8) is 0 Å². The summed E-state index contributed by atoms with van der Waals surface area (Å²) in [7, 11) is 0. The molecule has 1 rings (SSSR count). The van der Waals surface area contributed by atoms with Gasteiger partial charge in [0.25, 0.3) is 0 Å². The summed E-state index contributed by atoms with van der Waals surface area (Å²) in [5.74, 6) is 1.55. The van der Waals surface area contributed by atoms with Gasteiger partial charge in [-0.05, 0) is 38.8 Å². The number of nitrogens with two attached hydrogens (primary N) is 1. The third-order valence-corrected chi connectivity index (χ3v) is 3.11. The Bertz CT molecular complexity index is 405. The SMILES string of the molecule is CCN(CC)C(N)=NCCOc1c(C)cccc1C. The Kier molecular flexibility index (Phi) is 6.19. The monoisotopic (exact) mass is 263 g/mol. The quantitative estimate of drug-likeness (QED) is 0.487. The predicted octanol–water partition coefficient (Wildman–Crippen LogP) is 2.34. The number of nitrogens with zero attached hydrogens (tertiary/aromatic N) is 2. The summed E-state index contributed by atoms with van der Waals surface area (Å²) >= 11 is 0. The van der Waals surface area contributed by atoms with E-state index in [0.717, 1.165) is 30.0 Å². The maximum Gasteiger partial charge on any atom is 0.191 e. The Hall–Kier alpha value is -1.71. The summed E-state index contributed by atoms with van der Waals surface area (Å²) in [4.78, 5) is 6.36. The van der Waals surface area contributed by atoms with Crippen molar-refractivity contribution in [3.05, 3.63) is 29.3 Å². The van der Waals surface area contributed by atoms with Crippen LogP contribution in [-0.2, 0) is 0 Å². The molecule has 0 aliphatic carbocycles. The van der Waals surface area contributed by atoms with Gasteiger partial charge in [0.1, 0.15) is 12.4 Å². The van der Waals surface area contributed by atoms with Gasteiger partial charge >= 0.3 is 0 Å². The van der Waals surface area contributed by atoms with Gasteiger partial charge in [0.2, 0.25) is 0 Å². The average Bonchev–Trinajstić information content (AvgIpc) is 2.38. The molecule has 0 radical (unpaired) electrons. The van der Waals surface area contributed by atoms with Gasteiger partial charge in [0.15, 0.2) is 5.96 Å². The second-order valence-corrected chi connectivity index (χ2v) is 4.48. The molecule has 0 spiro atoms. The summed E-state index contributed by atoms with van der Waals surface area (Å²) in [5, 5.41) is 0. The molecule has 1 aromatic carbocycles. The highest BCUT2D eigenvalue weighted by molar-refractivity contribution is 5.77. The average molecular weight is 263 g/mol. The second-order valence-electron chi connectivity index (χ2n) is 4.48. The van der Waals surface area contributed by atoms with Gasteiger partial charge in [-0.1, -0.05) is 18.2 Å². The van der Waals surface area contributed by atoms with E-state index in [1.807, 2.05) is 11.0 Å². The van der Waals surface area contributed by atoms with Gasteiger partial charge in [-0.2, -0.15) is 0 Å². The Balaban J connectivity index is 2.49. The molecular weight excluding hydrogens is 238 g/mol. The van der Waals surface area contributed by atoms with Crippen molar-refractivity contribution in [2.24, 2.45) is 10.7 Å². The standard InChI is InChI=1S/C15H25N3O/c1-5-18(6-2)15(16)17-10-11-19-14-12(3)8-7-9-13(14)4/h7-9H,5-6,10-11H2,1-4H3,(H2,16,17). The van der Waals surface area contributed by atoms with Gasteiger partial charge in [0.05, 0.1) is 6.54 Å². The lowest BCUT2D eigenvalue weighted by atomic mass is 10.1. The number of hydrogen-bond acceptors (Lipinski definition) is 2. The molecule has 1 aromatic rings. The first kappa shape index (κ1) is 15.3. The van der Waals surface area contributed by atoms with Crippen LogP contribution in [0, 0.1) is 13.8 Å². The zero-order valence-corrected chi connectivity index (χ0v) is 12.4. The van der Waals surface area contributed by atoms with E-state index in [-0.39, 0.29) is 0 Å². The lowest BCUT2D eigenvalue weighted by Crippen LogP contribution is -2.37. The number of rotatable bonds is 6. The first-order valence-electron chi connectivity index (χ1n) is 6.84. The third-order valence-electron chi connectivity index (χ3n) is 3.11. The van der Waals surface area contributed by atoms with E-state index in [1.54, 1.807) is 0 Å². The van der Waals surface area contributed by atoms with Crippen molar-refractivity contribution < 1.29 is 4.74 Å².